The summed E-state index contributed by atoms with van der Waals surface area (Å²) >= 11 is 1.79. The van der Waals surface area contributed by atoms with Gasteiger partial charge in [0.25, 0.3) is 0 Å². The van der Waals surface area contributed by atoms with E-state index in [9.17, 15) is 4.79 Å². The summed E-state index contributed by atoms with van der Waals surface area (Å²) in [4.78, 5) is 11.6. The van der Waals surface area contributed by atoms with E-state index >= 15 is 0 Å². The first-order valence-corrected chi connectivity index (χ1v) is 8.48. The third kappa shape index (κ3) is 7.43. The lowest BCUT2D eigenvalue weighted by molar-refractivity contribution is -0.120. The van der Waals surface area contributed by atoms with Gasteiger partial charge in [-0.15, -0.1) is 0 Å². The standard InChI is InChI=1S/C16H25NO2S/c1-3-5-10-19-15-8-6-7-14(12-15)13-17-16(18)9-11-20-4-2/h6-8,12H,3-5,9-11,13H2,1-2H3,(H,17,18). The normalized spacial score (nSPS) is 10.3. The lowest BCUT2D eigenvalue weighted by Gasteiger charge is -2.08. The molecule has 0 unspecified atom stereocenters. The summed E-state index contributed by atoms with van der Waals surface area (Å²) in [6.07, 6.45) is 2.78. The predicted molar refractivity (Wildman–Crippen MR) is 86.3 cm³/mol. The van der Waals surface area contributed by atoms with Crippen molar-refractivity contribution in [3.63, 3.8) is 0 Å². The highest BCUT2D eigenvalue weighted by Crippen LogP contribution is 2.13. The molecule has 1 amide bonds. The monoisotopic (exact) mass is 295 g/mol. The number of carbonyl (C=O) groups is 1. The Labute approximate surface area is 126 Å². The minimum absolute atomic E-state index is 0.114. The molecule has 0 heterocycles. The topological polar surface area (TPSA) is 38.3 Å². The molecule has 1 N–H and O–H groups in total. The number of hydrogen-bond acceptors (Lipinski definition) is 3. The van der Waals surface area contributed by atoms with Gasteiger partial charge in [-0.25, -0.2) is 0 Å². The third-order valence-corrected chi connectivity index (χ3v) is 3.73. The van der Waals surface area contributed by atoms with E-state index in [4.69, 9.17) is 4.74 Å². The van der Waals surface area contributed by atoms with Crippen molar-refractivity contribution in [2.45, 2.75) is 39.7 Å². The highest BCUT2D eigenvalue weighted by Gasteiger charge is 2.02. The summed E-state index contributed by atoms with van der Waals surface area (Å²) in [5.74, 6) is 2.95. The molecule has 4 heteroatoms. The molecule has 1 rings (SSSR count). The van der Waals surface area contributed by atoms with E-state index in [2.05, 4.69) is 19.2 Å². The Bertz CT molecular complexity index is 396. The molecule has 112 valence electrons. The number of thioether (sulfide) groups is 1. The Morgan fingerprint density at radius 1 is 1.35 bits per heavy atom. The van der Waals surface area contributed by atoms with E-state index in [1.807, 2.05) is 24.3 Å². The van der Waals surface area contributed by atoms with Crippen LogP contribution in [0.4, 0.5) is 0 Å². The zero-order valence-corrected chi connectivity index (χ0v) is 13.3. The summed E-state index contributed by atoms with van der Waals surface area (Å²) in [5, 5.41) is 2.94. The van der Waals surface area contributed by atoms with Gasteiger partial charge in [-0.2, -0.15) is 11.8 Å². The van der Waals surface area contributed by atoms with Crippen LogP contribution in [-0.4, -0.2) is 24.0 Å². The zero-order chi connectivity index (χ0) is 14.6. The van der Waals surface area contributed by atoms with E-state index in [1.54, 1.807) is 11.8 Å². The Hall–Kier alpha value is -1.16. The average Bonchev–Trinajstić information content (AvgIpc) is 2.46. The number of hydrogen-bond donors (Lipinski definition) is 1. The summed E-state index contributed by atoms with van der Waals surface area (Å²) in [6, 6.07) is 7.93. The maximum absolute atomic E-state index is 11.6. The van der Waals surface area contributed by atoms with Gasteiger partial charge in [-0.3, -0.25) is 4.79 Å². The molecule has 1 aromatic rings. The first kappa shape index (κ1) is 16.9. The van der Waals surface area contributed by atoms with E-state index in [0.717, 1.165) is 42.3 Å². The molecule has 0 aliphatic rings. The summed E-state index contributed by atoms with van der Waals surface area (Å²) in [6.45, 7) is 5.57. The van der Waals surface area contributed by atoms with Crippen LogP contribution in [0.2, 0.25) is 0 Å². The molecule has 0 saturated carbocycles. The molecule has 0 bridgehead atoms. The van der Waals surface area contributed by atoms with Crippen LogP contribution in [0, 0.1) is 0 Å². The van der Waals surface area contributed by atoms with Crippen LogP contribution in [0.3, 0.4) is 0 Å². The van der Waals surface area contributed by atoms with Crippen molar-refractivity contribution in [3.8, 4) is 5.75 Å². The summed E-state index contributed by atoms with van der Waals surface area (Å²) < 4.78 is 5.66. The summed E-state index contributed by atoms with van der Waals surface area (Å²) in [5.41, 5.74) is 1.08. The highest BCUT2D eigenvalue weighted by molar-refractivity contribution is 7.99. The number of carbonyl (C=O) groups excluding carboxylic acids is 1. The van der Waals surface area contributed by atoms with Crippen LogP contribution >= 0.6 is 11.8 Å². The first-order valence-electron chi connectivity index (χ1n) is 7.32. The molecule has 0 fully saturated rings. The SMILES string of the molecule is CCCCOc1cccc(CNC(=O)CCSCC)c1. The second-order valence-corrected chi connectivity index (χ2v) is 5.97. The fourth-order valence-corrected chi connectivity index (χ4v) is 2.30. The summed E-state index contributed by atoms with van der Waals surface area (Å²) in [7, 11) is 0. The molecule has 0 aromatic heterocycles. The maximum Gasteiger partial charge on any atom is 0.221 e. The Kier molecular flexibility index (Phi) is 8.96. The molecule has 0 atom stereocenters. The van der Waals surface area contributed by atoms with Gasteiger partial charge >= 0.3 is 0 Å². The van der Waals surface area contributed by atoms with Crippen LogP contribution in [0.1, 0.15) is 38.7 Å². The van der Waals surface area contributed by atoms with Crippen LogP contribution in [0.15, 0.2) is 24.3 Å². The number of amides is 1. The van der Waals surface area contributed by atoms with Crippen molar-refractivity contribution in [2.24, 2.45) is 0 Å². The van der Waals surface area contributed by atoms with Crippen molar-refractivity contribution < 1.29 is 9.53 Å². The van der Waals surface area contributed by atoms with E-state index in [1.165, 1.54) is 0 Å². The lowest BCUT2D eigenvalue weighted by Crippen LogP contribution is -2.23. The Morgan fingerprint density at radius 2 is 2.20 bits per heavy atom. The molecule has 0 radical (unpaired) electrons. The van der Waals surface area contributed by atoms with Gasteiger partial charge in [0.2, 0.25) is 5.91 Å². The zero-order valence-electron chi connectivity index (χ0n) is 12.5. The number of ether oxygens (including phenoxy) is 1. The molecular formula is C16H25NO2S. The Balaban J connectivity index is 2.32. The molecule has 0 aliphatic carbocycles. The number of benzene rings is 1. The maximum atomic E-state index is 11.6. The second kappa shape index (κ2) is 10.6. The quantitative estimate of drug-likeness (QED) is 0.670. The highest BCUT2D eigenvalue weighted by atomic mass is 32.2. The van der Waals surface area contributed by atoms with Gasteiger partial charge in [0.1, 0.15) is 5.75 Å². The van der Waals surface area contributed by atoms with Crippen LogP contribution < -0.4 is 10.1 Å². The third-order valence-electron chi connectivity index (χ3n) is 2.83. The number of unbranched alkanes of at least 4 members (excludes halogenated alkanes) is 1. The molecule has 0 spiro atoms. The molecule has 1 aromatic carbocycles. The largest absolute Gasteiger partial charge is 0.494 e. The van der Waals surface area contributed by atoms with E-state index < -0.39 is 0 Å². The smallest absolute Gasteiger partial charge is 0.221 e. The van der Waals surface area contributed by atoms with Crippen molar-refractivity contribution in [1.29, 1.82) is 0 Å². The van der Waals surface area contributed by atoms with Gasteiger partial charge < -0.3 is 10.1 Å². The minimum Gasteiger partial charge on any atom is -0.494 e. The van der Waals surface area contributed by atoms with Crippen LogP contribution in [0.25, 0.3) is 0 Å². The van der Waals surface area contributed by atoms with E-state index in [-0.39, 0.29) is 5.91 Å². The van der Waals surface area contributed by atoms with Gasteiger partial charge in [-0.1, -0.05) is 32.4 Å². The van der Waals surface area contributed by atoms with Gasteiger partial charge in [-0.05, 0) is 29.9 Å². The van der Waals surface area contributed by atoms with Gasteiger partial charge in [0, 0.05) is 18.7 Å². The fourth-order valence-electron chi connectivity index (χ4n) is 1.68. The molecule has 0 aliphatic heterocycles. The molecule has 3 nitrogen and oxygen atoms in total. The van der Waals surface area contributed by atoms with Gasteiger partial charge in [0.15, 0.2) is 0 Å². The predicted octanol–water partition coefficient (Wildman–Crippen LogP) is 3.62. The molecule has 0 saturated heterocycles. The van der Waals surface area contributed by atoms with Crippen molar-refractivity contribution in [2.75, 3.05) is 18.1 Å². The van der Waals surface area contributed by atoms with E-state index in [0.29, 0.717) is 13.0 Å². The van der Waals surface area contributed by atoms with Crippen molar-refractivity contribution in [1.82, 2.24) is 5.32 Å². The fraction of sp³-hybridized carbons (Fsp3) is 0.562. The molecule has 20 heavy (non-hydrogen) atoms. The van der Waals surface area contributed by atoms with Crippen LogP contribution in [-0.2, 0) is 11.3 Å². The van der Waals surface area contributed by atoms with Gasteiger partial charge in [0.05, 0.1) is 6.61 Å². The number of nitrogens with one attached hydrogen (secondary N) is 1. The second-order valence-electron chi connectivity index (χ2n) is 4.57. The lowest BCUT2D eigenvalue weighted by atomic mass is 10.2. The average molecular weight is 295 g/mol. The van der Waals surface area contributed by atoms with Crippen LogP contribution in [0.5, 0.6) is 5.75 Å². The first-order chi connectivity index (χ1) is 9.76. The molecular weight excluding hydrogens is 270 g/mol. The number of rotatable bonds is 10. The Morgan fingerprint density at radius 3 is 2.95 bits per heavy atom. The minimum atomic E-state index is 0.114. The van der Waals surface area contributed by atoms with Crippen molar-refractivity contribution >= 4 is 17.7 Å². The van der Waals surface area contributed by atoms with Crippen molar-refractivity contribution in [3.05, 3.63) is 29.8 Å².